The summed E-state index contributed by atoms with van der Waals surface area (Å²) in [6.07, 6.45) is 2.67. The normalized spacial score (nSPS) is 13.6. The van der Waals surface area contributed by atoms with Crippen LogP contribution in [0, 0.1) is 11.8 Å². The van der Waals surface area contributed by atoms with E-state index in [0.29, 0.717) is 18.1 Å². The molecule has 0 aliphatic carbocycles. The molecule has 1 aromatic carbocycles. The lowest BCUT2D eigenvalue weighted by atomic mass is 9.86. The number of benzene rings is 1. The first-order chi connectivity index (χ1) is 9.21. The Morgan fingerprint density at radius 1 is 1.05 bits per heavy atom. The lowest BCUT2D eigenvalue weighted by Crippen LogP contribution is -2.16. The summed E-state index contributed by atoms with van der Waals surface area (Å²) in [6, 6.07) is 8.84. The molecule has 1 nitrogen and oxygen atoms in total. The van der Waals surface area contributed by atoms with Crippen LogP contribution < -0.4 is 0 Å². The number of rotatable bonds is 6. The average molecular weight is 274 g/mol. The number of aryl methyl sites for hydroxylation is 1. The standard InChI is InChI=1S/C19H30O/c1-14(2)15(3)18(20)9-7-8-16-10-12-17(13-11-16)19(4,5)6/h10-15H,7-9H2,1-6H3/t15-/m0/s1. The van der Waals surface area contributed by atoms with Crippen molar-refractivity contribution in [3.8, 4) is 0 Å². The summed E-state index contributed by atoms with van der Waals surface area (Å²) in [4.78, 5) is 12.0. The highest BCUT2D eigenvalue weighted by molar-refractivity contribution is 5.80. The Morgan fingerprint density at radius 3 is 2.05 bits per heavy atom. The van der Waals surface area contributed by atoms with Crippen molar-refractivity contribution >= 4 is 5.78 Å². The van der Waals surface area contributed by atoms with Gasteiger partial charge in [-0.2, -0.15) is 0 Å². The summed E-state index contributed by atoms with van der Waals surface area (Å²) in [5.74, 6) is 1.05. The molecule has 0 radical (unpaired) electrons. The summed E-state index contributed by atoms with van der Waals surface area (Å²) in [7, 11) is 0. The van der Waals surface area contributed by atoms with Crippen LogP contribution in [0.5, 0.6) is 0 Å². The molecule has 0 spiro atoms. The molecule has 0 saturated heterocycles. The van der Waals surface area contributed by atoms with Crippen LogP contribution in [0.2, 0.25) is 0 Å². The van der Waals surface area contributed by atoms with E-state index in [9.17, 15) is 4.79 Å². The van der Waals surface area contributed by atoms with Gasteiger partial charge in [0.05, 0.1) is 0 Å². The molecule has 0 N–H and O–H groups in total. The molecule has 0 unspecified atom stereocenters. The van der Waals surface area contributed by atoms with Crippen LogP contribution in [-0.2, 0) is 16.6 Å². The predicted octanol–water partition coefficient (Wildman–Crippen LogP) is 5.17. The molecule has 1 rings (SSSR count). The van der Waals surface area contributed by atoms with Gasteiger partial charge in [0.2, 0.25) is 0 Å². The van der Waals surface area contributed by atoms with E-state index in [1.807, 2.05) is 6.92 Å². The van der Waals surface area contributed by atoms with E-state index in [4.69, 9.17) is 0 Å². The highest BCUT2D eigenvalue weighted by Gasteiger charge is 2.16. The van der Waals surface area contributed by atoms with Crippen molar-refractivity contribution in [3.05, 3.63) is 35.4 Å². The summed E-state index contributed by atoms with van der Waals surface area (Å²) < 4.78 is 0. The molecule has 0 amide bonds. The van der Waals surface area contributed by atoms with Crippen molar-refractivity contribution in [1.82, 2.24) is 0 Å². The van der Waals surface area contributed by atoms with E-state index >= 15 is 0 Å². The van der Waals surface area contributed by atoms with Gasteiger partial charge in [0.15, 0.2) is 0 Å². The Balaban J connectivity index is 2.45. The highest BCUT2D eigenvalue weighted by atomic mass is 16.1. The zero-order chi connectivity index (χ0) is 15.3. The van der Waals surface area contributed by atoms with Gasteiger partial charge in [0, 0.05) is 12.3 Å². The Kier molecular flexibility index (Phi) is 5.98. The van der Waals surface area contributed by atoms with Gasteiger partial charge in [0.25, 0.3) is 0 Å². The van der Waals surface area contributed by atoms with Gasteiger partial charge in [-0.15, -0.1) is 0 Å². The average Bonchev–Trinajstić information content (AvgIpc) is 2.37. The van der Waals surface area contributed by atoms with Crippen LogP contribution in [-0.4, -0.2) is 5.78 Å². The van der Waals surface area contributed by atoms with E-state index in [1.165, 1.54) is 11.1 Å². The lowest BCUT2D eigenvalue weighted by molar-refractivity contribution is -0.123. The van der Waals surface area contributed by atoms with E-state index in [2.05, 4.69) is 58.9 Å². The summed E-state index contributed by atoms with van der Waals surface area (Å²) in [6.45, 7) is 13.0. The van der Waals surface area contributed by atoms with Gasteiger partial charge in [-0.05, 0) is 35.3 Å². The fraction of sp³-hybridized carbons (Fsp3) is 0.632. The third kappa shape index (κ3) is 5.11. The Labute approximate surface area is 124 Å². The van der Waals surface area contributed by atoms with Gasteiger partial charge in [0.1, 0.15) is 5.78 Å². The van der Waals surface area contributed by atoms with Crippen LogP contribution in [0.15, 0.2) is 24.3 Å². The third-order valence-corrected chi connectivity index (χ3v) is 4.22. The zero-order valence-electron chi connectivity index (χ0n) is 14.0. The number of carbonyl (C=O) groups excluding carboxylic acids is 1. The largest absolute Gasteiger partial charge is 0.299 e. The van der Waals surface area contributed by atoms with Gasteiger partial charge in [-0.3, -0.25) is 4.79 Å². The number of hydrogen-bond donors (Lipinski definition) is 0. The summed E-state index contributed by atoms with van der Waals surface area (Å²) in [5.41, 5.74) is 2.91. The summed E-state index contributed by atoms with van der Waals surface area (Å²) in [5, 5.41) is 0. The minimum Gasteiger partial charge on any atom is -0.299 e. The quantitative estimate of drug-likeness (QED) is 0.699. The Bertz CT molecular complexity index is 420. The maximum absolute atomic E-state index is 12.0. The first-order valence-electron chi connectivity index (χ1n) is 7.84. The Hall–Kier alpha value is -1.11. The second-order valence-electron chi connectivity index (χ2n) is 7.30. The number of ketones is 1. The van der Waals surface area contributed by atoms with Crippen molar-refractivity contribution in [2.45, 2.75) is 66.2 Å². The van der Waals surface area contributed by atoms with E-state index in [1.54, 1.807) is 0 Å². The molecule has 0 heterocycles. The first kappa shape index (κ1) is 16.9. The number of hydrogen-bond acceptors (Lipinski definition) is 1. The number of carbonyl (C=O) groups is 1. The molecule has 20 heavy (non-hydrogen) atoms. The minimum atomic E-state index is 0.193. The minimum absolute atomic E-state index is 0.193. The second kappa shape index (κ2) is 7.06. The molecule has 0 aliphatic heterocycles. The van der Waals surface area contributed by atoms with Crippen LogP contribution in [0.25, 0.3) is 0 Å². The van der Waals surface area contributed by atoms with Crippen LogP contribution >= 0.6 is 0 Å². The van der Waals surface area contributed by atoms with Crippen molar-refractivity contribution in [1.29, 1.82) is 0 Å². The van der Waals surface area contributed by atoms with E-state index < -0.39 is 0 Å². The molecule has 0 fully saturated rings. The van der Waals surface area contributed by atoms with Gasteiger partial charge >= 0.3 is 0 Å². The summed E-state index contributed by atoms with van der Waals surface area (Å²) >= 11 is 0. The molecule has 1 heteroatoms. The zero-order valence-corrected chi connectivity index (χ0v) is 14.0. The smallest absolute Gasteiger partial charge is 0.135 e. The molecule has 0 bridgehead atoms. The fourth-order valence-electron chi connectivity index (χ4n) is 2.24. The molecule has 1 atom stereocenters. The molecule has 0 aliphatic rings. The Morgan fingerprint density at radius 2 is 1.60 bits per heavy atom. The molecule has 0 saturated carbocycles. The number of Topliss-reactive ketones (excluding diaryl/α,β-unsaturated/α-hetero) is 1. The lowest BCUT2D eigenvalue weighted by Gasteiger charge is -2.19. The fourth-order valence-corrected chi connectivity index (χ4v) is 2.24. The van der Waals surface area contributed by atoms with Crippen molar-refractivity contribution in [2.24, 2.45) is 11.8 Å². The van der Waals surface area contributed by atoms with Gasteiger partial charge in [-0.1, -0.05) is 65.8 Å². The molecule has 0 aromatic heterocycles. The maximum Gasteiger partial charge on any atom is 0.135 e. The van der Waals surface area contributed by atoms with Crippen molar-refractivity contribution in [2.75, 3.05) is 0 Å². The van der Waals surface area contributed by atoms with Crippen LogP contribution in [0.1, 0.15) is 65.5 Å². The molecule has 1 aromatic rings. The topological polar surface area (TPSA) is 17.1 Å². The molecule has 112 valence electrons. The van der Waals surface area contributed by atoms with Crippen molar-refractivity contribution < 1.29 is 4.79 Å². The molecular formula is C19H30O. The van der Waals surface area contributed by atoms with Crippen molar-refractivity contribution in [3.63, 3.8) is 0 Å². The van der Waals surface area contributed by atoms with E-state index in [-0.39, 0.29) is 11.3 Å². The van der Waals surface area contributed by atoms with Gasteiger partial charge < -0.3 is 0 Å². The predicted molar refractivity (Wildman–Crippen MR) is 87.1 cm³/mol. The highest BCUT2D eigenvalue weighted by Crippen LogP contribution is 2.22. The van der Waals surface area contributed by atoms with Crippen LogP contribution in [0.4, 0.5) is 0 Å². The SMILES string of the molecule is CC(C)[C@H](C)C(=O)CCCc1ccc(C(C)(C)C)cc1. The van der Waals surface area contributed by atoms with Crippen LogP contribution in [0.3, 0.4) is 0 Å². The van der Waals surface area contributed by atoms with Gasteiger partial charge in [-0.25, -0.2) is 0 Å². The monoisotopic (exact) mass is 274 g/mol. The second-order valence-corrected chi connectivity index (χ2v) is 7.30. The first-order valence-corrected chi connectivity index (χ1v) is 7.84. The third-order valence-electron chi connectivity index (χ3n) is 4.22. The maximum atomic E-state index is 12.0. The van der Waals surface area contributed by atoms with E-state index in [0.717, 1.165) is 12.8 Å². The molecular weight excluding hydrogens is 244 g/mol.